The minimum Gasteiger partial charge on any atom is -0.497 e. The lowest BCUT2D eigenvalue weighted by molar-refractivity contribution is -0.277. The number of amides is 2. The van der Waals surface area contributed by atoms with Crippen LogP contribution < -0.4 is 14.8 Å². The first kappa shape index (κ1) is 55.0. The topological polar surface area (TPSA) is 198 Å². The summed E-state index contributed by atoms with van der Waals surface area (Å²) in [6, 6.07) is 24.5. The second-order valence-electron chi connectivity index (χ2n) is 17.0. The van der Waals surface area contributed by atoms with Gasteiger partial charge >= 0.3 is 17.9 Å². The van der Waals surface area contributed by atoms with Gasteiger partial charge in [-0.3, -0.25) is 24.0 Å². The second kappa shape index (κ2) is 28.0. The number of carbonyl (C=O) groups is 5. The molecule has 1 heterocycles. The third-order valence-corrected chi connectivity index (χ3v) is 11.5. The number of hydrogen-bond acceptors (Lipinski definition) is 15. The standard InChI is InChI=1S/C51H71N3O14/c1-35(55)52-47-49(67-38(4)58)48(66-37(3)57)45(34-64-36(2)56)68-50(47)63-31-17-14-20-46(60)54(6)30-16-10-9-15-29-53(5)32-42(59)33-65-51(39-18-12-11-13-19-39,40-21-25-43(61-7)26-22-40)41-23-27-44(62-8)28-24-41/h11-13,18-19,21-28,42,45,47-50,59H,9-10,14-17,20,29-34H2,1-8H3,(H,52,55)/t42-,45?,47?,48?,49?,50?/m0/s1. The molecule has 3 aromatic carbocycles. The van der Waals surface area contributed by atoms with Gasteiger partial charge in [-0.05, 0) is 80.2 Å². The molecule has 0 radical (unpaired) electrons. The van der Waals surface area contributed by atoms with Crippen LogP contribution in [0.4, 0.5) is 0 Å². The van der Waals surface area contributed by atoms with E-state index < -0.39 is 66.2 Å². The molecular weight excluding hydrogens is 879 g/mol. The number of likely N-dealkylation sites (N-methyl/N-ethyl adjacent to an activating group) is 1. The van der Waals surface area contributed by atoms with E-state index in [9.17, 15) is 29.1 Å². The summed E-state index contributed by atoms with van der Waals surface area (Å²) in [4.78, 5) is 64.7. The van der Waals surface area contributed by atoms with Gasteiger partial charge in [0.25, 0.3) is 0 Å². The minimum atomic E-state index is -1.21. The molecule has 5 unspecified atom stereocenters. The Morgan fingerprint density at radius 3 is 1.81 bits per heavy atom. The number of methoxy groups -OCH3 is 2. The number of benzene rings is 3. The van der Waals surface area contributed by atoms with Crippen LogP contribution in [0.25, 0.3) is 0 Å². The maximum absolute atomic E-state index is 13.0. The van der Waals surface area contributed by atoms with E-state index in [2.05, 4.69) is 10.2 Å². The summed E-state index contributed by atoms with van der Waals surface area (Å²) >= 11 is 0. The molecule has 17 nitrogen and oxygen atoms in total. The van der Waals surface area contributed by atoms with E-state index in [0.717, 1.165) is 60.4 Å². The van der Waals surface area contributed by atoms with Gasteiger partial charge in [0.1, 0.15) is 35.9 Å². The lowest BCUT2D eigenvalue weighted by Gasteiger charge is -2.44. The fourth-order valence-electron chi connectivity index (χ4n) is 8.21. The number of aliphatic hydroxyl groups is 1. The molecule has 374 valence electrons. The van der Waals surface area contributed by atoms with E-state index in [-0.39, 0.29) is 25.7 Å². The number of ether oxygens (including phenoxy) is 8. The molecular formula is C51H71N3O14. The Bertz CT molecular complexity index is 1970. The largest absolute Gasteiger partial charge is 0.497 e. The summed E-state index contributed by atoms with van der Waals surface area (Å²) in [6.07, 6.45) is -0.446. The van der Waals surface area contributed by atoms with Crippen molar-refractivity contribution < 1.29 is 67.0 Å². The van der Waals surface area contributed by atoms with Crippen molar-refractivity contribution in [2.75, 3.05) is 67.8 Å². The Kier molecular flexibility index (Phi) is 22.7. The van der Waals surface area contributed by atoms with Gasteiger partial charge < -0.3 is 58.1 Å². The molecule has 6 atom stereocenters. The molecule has 1 fully saturated rings. The van der Waals surface area contributed by atoms with E-state index >= 15 is 0 Å². The Hall–Kier alpha value is -5.59. The van der Waals surface area contributed by atoms with Gasteiger partial charge in [0.05, 0.1) is 26.9 Å². The molecule has 2 N–H and O–H groups in total. The van der Waals surface area contributed by atoms with Gasteiger partial charge in [-0.2, -0.15) is 0 Å². The predicted molar refractivity (Wildman–Crippen MR) is 252 cm³/mol. The van der Waals surface area contributed by atoms with Crippen LogP contribution in [0.15, 0.2) is 78.9 Å². The van der Waals surface area contributed by atoms with Crippen LogP contribution in [-0.2, 0) is 58.0 Å². The van der Waals surface area contributed by atoms with Gasteiger partial charge in [0.2, 0.25) is 11.8 Å². The van der Waals surface area contributed by atoms with E-state index in [1.807, 2.05) is 85.9 Å². The lowest BCUT2D eigenvalue weighted by Crippen LogP contribution is -2.66. The van der Waals surface area contributed by atoms with E-state index in [1.54, 1.807) is 26.2 Å². The second-order valence-corrected chi connectivity index (χ2v) is 17.0. The van der Waals surface area contributed by atoms with Crippen molar-refractivity contribution in [2.45, 2.75) is 115 Å². The first-order valence-corrected chi connectivity index (χ1v) is 23.2. The van der Waals surface area contributed by atoms with Crippen molar-refractivity contribution in [1.29, 1.82) is 0 Å². The van der Waals surface area contributed by atoms with Gasteiger partial charge in [-0.15, -0.1) is 0 Å². The SMILES string of the molecule is COc1ccc(C(OC[C@@H](O)CN(C)CCCCCCN(C)C(=O)CCCCOC2OC(COC(C)=O)C(OC(C)=O)C(OC(C)=O)C2NC(C)=O)(c2ccccc2)c2ccc(OC)cc2)cc1. The molecule has 0 aromatic heterocycles. The summed E-state index contributed by atoms with van der Waals surface area (Å²) in [5.74, 6) is -1.01. The quantitative estimate of drug-likeness (QED) is 0.0418. The zero-order valence-corrected chi connectivity index (χ0v) is 40.8. The van der Waals surface area contributed by atoms with Crippen LogP contribution in [0.5, 0.6) is 11.5 Å². The average Bonchev–Trinajstić information content (AvgIpc) is 3.31. The van der Waals surface area contributed by atoms with Crippen LogP contribution in [0.2, 0.25) is 0 Å². The first-order chi connectivity index (χ1) is 32.6. The molecule has 0 aliphatic carbocycles. The van der Waals surface area contributed by atoms with Crippen LogP contribution in [0.3, 0.4) is 0 Å². The molecule has 0 spiro atoms. The van der Waals surface area contributed by atoms with Crippen LogP contribution in [0, 0.1) is 0 Å². The highest BCUT2D eigenvalue weighted by molar-refractivity contribution is 5.75. The summed E-state index contributed by atoms with van der Waals surface area (Å²) in [7, 11) is 7.04. The van der Waals surface area contributed by atoms with Gasteiger partial charge in [-0.25, -0.2) is 0 Å². The highest BCUT2D eigenvalue weighted by Gasteiger charge is 2.51. The highest BCUT2D eigenvalue weighted by atomic mass is 16.7. The molecule has 1 saturated heterocycles. The summed E-state index contributed by atoms with van der Waals surface area (Å²) in [5.41, 5.74) is 1.68. The van der Waals surface area contributed by atoms with Crippen molar-refractivity contribution in [1.82, 2.24) is 15.1 Å². The number of nitrogens with zero attached hydrogens (tertiary/aromatic N) is 2. The van der Waals surface area contributed by atoms with Crippen molar-refractivity contribution in [3.05, 3.63) is 95.6 Å². The maximum Gasteiger partial charge on any atom is 0.303 e. The van der Waals surface area contributed by atoms with Crippen molar-refractivity contribution in [3.8, 4) is 11.5 Å². The number of unbranched alkanes of at least 4 members (excludes halogenated alkanes) is 4. The van der Waals surface area contributed by atoms with Gasteiger partial charge in [0.15, 0.2) is 18.5 Å². The Morgan fingerprint density at radius 2 is 1.26 bits per heavy atom. The summed E-state index contributed by atoms with van der Waals surface area (Å²) in [6.45, 7) is 6.53. The smallest absolute Gasteiger partial charge is 0.303 e. The molecule has 17 heteroatoms. The third kappa shape index (κ3) is 16.9. The van der Waals surface area contributed by atoms with E-state index in [1.165, 1.54) is 27.7 Å². The Labute approximate surface area is 400 Å². The normalized spacial score (nSPS) is 18.5. The third-order valence-electron chi connectivity index (χ3n) is 11.5. The first-order valence-electron chi connectivity index (χ1n) is 23.2. The zero-order chi connectivity index (χ0) is 49.6. The van der Waals surface area contributed by atoms with Gasteiger partial charge in [-0.1, -0.05) is 67.4 Å². The zero-order valence-electron chi connectivity index (χ0n) is 40.8. The summed E-state index contributed by atoms with van der Waals surface area (Å²) in [5, 5.41) is 14.0. The van der Waals surface area contributed by atoms with Gasteiger partial charge in [0, 0.05) is 60.9 Å². The molecule has 2 amide bonds. The number of rotatable bonds is 28. The fraction of sp³-hybridized carbons (Fsp3) is 0.549. The highest BCUT2D eigenvalue weighted by Crippen LogP contribution is 2.42. The molecule has 3 aromatic rings. The molecule has 68 heavy (non-hydrogen) atoms. The molecule has 0 saturated carbocycles. The minimum absolute atomic E-state index is 0.00170. The summed E-state index contributed by atoms with van der Waals surface area (Å²) < 4.78 is 45.9. The number of hydrogen-bond donors (Lipinski definition) is 2. The number of esters is 3. The van der Waals surface area contributed by atoms with Crippen molar-refractivity contribution >= 4 is 29.7 Å². The van der Waals surface area contributed by atoms with Crippen LogP contribution in [0.1, 0.15) is 89.3 Å². The van der Waals surface area contributed by atoms with Crippen LogP contribution in [-0.4, -0.2) is 149 Å². The Balaban J connectivity index is 1.20. The predicted octanol–water partition coefficient (Wildman–Crippen LogP) is 5.17. The monoisotopic (exact) mass is 949 g/mol. The molecule has 0 bridgehead atoms. The molecule has 4 rings (SSSR count). The van der Waals surface area contributed by atoms with E-state index in [4.69, 9.17) is 37.9 Å². The van der Waals surface area contributed by atoms with Crippen LogP contribution >= 0.6 is 0 Å². The molecule has 1 aliphatic rings. The number of nitrogens with one attached hydrogen (secondary N) is 1. The average molecular weight is 950 g/mol. The number of carbonyl (C=O) groups excluding carboxylic acids is 5. The van der Waals surface area contributed by atoms with E-state index in [0.29, 0.717) is 32.4 Å². The maximum atomic E-state index is 13.0. The Morgan fingerprint density at radius 1 is 0.706 bits per heavy atom. The van der Waals surface area contributed by atoms with Crippen molar-refractivity contribution in [2.24, 2.45) is 0 Å². The van der Waals surface area contributed by atoms with Crippen molar-refractivity contribution in [3.63, 3.8) is 0 Å². The molecule has 1 aliphatic heterocycles. The number of aliphatic hydroxyl groups excluding tert-OH is 1. The fourth-order valence-corrected chi connectivity index (χ4v) is 8.21. The lowest BCUT2D eigenvalue weighted by atomic mass is 9.80.